The molecule has 4 heteroatoms. The first kappa shape index (κ1) is 14.2. The first-order chi connectivity index (χ1) is 9.08. The van der Waals surface area contributed by atoms with E-state index >= 15 is 0 Å². The first-order valence-electron chi connectivity index (χ1n) is 5.82. The predicted octanol–water partition coefficient (Wildman–Crippen LogP) is 5.00. The lowest BCUT2D eigenvalue weighted by Crippen LogP contribution is -1.98. The number of halogens is 1. The monoisotopic (exact) mass is 336 g/mol. The average Bonchev–Trinajstić information content (AvgIpc) is 2.41. The van der Waals surface area contributed by atoms with Crippen LogP contribution in [-0.2, 0) is 0 Å². The highest BCUT2D eigenvalue weighted by molar-refractivity contribution is 9.10. The van der Waals surface area contributed by atoms with Crippen LogP contribution < -0.4 is 0 Å². The van der Waals surface area contributed by atoms with Crippen LogP contribution in [-0.4, -0.2) is 11.1 Å². The molecule has 0 amide bonds. The molecule has 1 atom stereocenters. The molecule has 0 aliphatic carbocycles. The van der Waals surface area contributed by atoms with Crippen molar-refractivity contribution in [3.05, 3.63) is 64.1 Å². The number of carbonyl (C=O) groups is 1. The molecular formula is C15H13BrO2S. The van der Waals surface area contributed by atoms with E-state index in [1.165, 1.54) is 5.56 Å². The largest absolute Gasteiger partial charge is 0.478 e. The van der Waals surface area contributed by atoms with E-state index in [0.717, 1.165) is 4.90 Å². The SMILES string of the molecule is CC(Sc1ccc(Br)c(C(=O)O)c1)c1ccccc1. The number of hydrogen-bond acceptors (Lipinski definition) is 2. The molecule has 0 radical (unpaired) electrons. The molecule has 0 bridgehead atoms. The number of rotatable bonds is 4. The highest BCUT2D eigenvalue weighted by atomic mass is 79.9. The minimum Gasteiger partial charge on any atom is -0.478 e. The molecule has 0 aliphatic heterocycles. The summed E-state index contributed by atoms with van der Waals surface area (Å²) in [6, 6.07) is 15.6. The summed E-state index contributed by atoms with van der Waals surface area (Å²) in [7, 11) is 0. The maximum atomic E-state index is 11.1. The van der Waals surface area contributed by atoms with Gasteiger partial charge < -0.3 is 5.11 Å². The minimum atomic E-state index is -0.915. The van der Waals surface area contributed by atoms with Crippen LogP contribution >= 0.6 is 27.7 Å². The zero-order chi connectivity index (χ0) is 13.8. The standard InChI is InChI=1S/C15H13BrO2S/c1-10(11-5-3-2-4-6-11)19-12-7-8-14(16)13(9-12)15(17)18/h2-10H,1H3,(H,17,18). The third-order valence-corrected chi connectivity index (χ3v) is 4.59. The topological polar surface area (TPSA) is 37.3 Å². The Labute approximate surface area is 125 Å². The Morgan fingerprint density at radius 1 is 1.21 bits per heavy atom. The normalized spacial score (nSPS) is 12.1. The molecule has 0 fully saturated rings. The molecule has 1 N–H and O–H groups in total. The van der Waals surface area contributed by atoms with E-state index in [9.17, 15) is 4.79 Å². The predicted molar refractivity (Wildman–Crippen MR) is 81.8 cm³/mol. The lowest BCUT2D eigenvalue weighted by atomic mass is 10.2. The van der Waals surface area contributed by atoms with Gasteiger partial charge in [-0.1, -0.05) is 30.3 Å². The summed E-state index contributed by atoms with van der Waals surface area (Å²) < 4.78 is 0.608. The fourth-order valence-corrected chi connectivity index (χ4v) is 3.19. The molecule has 2 aromatic rings. The quantitative estimate of drug-likeness (QED) is 0.798. The van der Waals surface area contributed by atoms with Gasteiger partial charge in [0.1, 0.15) is 0 Å². The third kappa shape index (κ3) is 3.61. The van der Waals surface area contributed by atoms with Crippen molar-refractivity contribution in [2.45, 2.75) is 17.1 Å². The second-order valence-electron chi connectivity index (χ2n) is 4.12. The number of aromatic carboxylic acids is 1. The Balaban J connectivity index is 2.20. The Morgan fingerprint density at radius 3 is 2.53 bits per heavy atom. The van der Waals surface area contributed by atoms with Crippen LogP contribution in [0.15, 0.2) is 57.9 Å². The summed E-state index contributed by atoms with van der Waals surface area (Å²) >= 11 is 4.90. The van der Waals surface area contributed by atoms with Crippen LogP contribution in [0.3, 0.4) is 0 Å². The van der Waals surface area contributed by atoms with Crippen molar-refractivity contribution in [3.63, 3.8) is 0 Å². The summed E-state index contributed by atoms with van der Waals surface area (Å²) in [4.78, 5) is 12.0. The molecular weight excluding hydrogens is 324 g/mol. The zero-order valence-corrected chi connectivity index (χ0v) is 12.7. The zero-order valence-electron chi connectivity index (χ0n) is 10.3. The van der Waals surface area contributed by atoms with Gasteiger partial charge in [0.05, 0.1) is 5.56 Å². The summed E-state index contributed by atoms with van der Waals surface area (Å²) in [5.41, 5.74) is 1.53. The summed E-state index contributed by atoms with van der Waals surface area (Å²) in [6.45, 7) is 2.11. The molecule has 0 aromatic heterocycles. The van der Waals surface area contributed by atoms with Crippen LogP contribution in [0.5, 0.6) is 0 Å². The number of benzene rings is 2. The van der Waals surface area contributed by atoms with Crippen LogP contribution in [0.2, 0.25) is 0 Å². The Bertz CT molecular complexity index is 584. The highest BCUT2D eigenvalue weighted by Crippen LogP contribution is 2.36. The molecule has 0 spiro atoms. The molecule has 2 nitrogen and oxygen atoms in total. The van der Waals surface area contributed by atoms with E-state index in [1.54, 1.807) is 23.9 Å². The van der Waals surface area contributed by atoms with E-state index < -0.39 is 5.97 Å². The van der Waals surface area contributed by atoms with E-state index in [1.807, 2.05) is 24.3 Å². The van der Waals surface area contributed by atoms with Gasteiger partial charge in [-0.05, 0) is 46.6 Å². The fraction of sp³-hybridized carbons (Fsp3) is 0.133. The van der Waals surface area contributed by atoms with Crippen molar-refractivity contribution in [2.24, 2.45) is 0 Å². The highest BCUT2D eigenvalue weighted by Gasteiger charge is 2.12. The Morgan fingerprint density at radius 2 is 1.89 bits per heavy atom. The summed E-state index contributed by atoms with van der Waals surface area (Å²) in [5.74, 6) is -0.915. The molecule has 0 aliphatic rings. The van der Waals surface area contributed by atoms with Crippen molar-refractivity contribution in [3.8, 4) is 0 Å². The van der Waals surface area contributed by atoms with Gasteiger partial charge in [0.15, 0.2) is 0 Å². The smallest absolute Gasteiger partial charge is 0.336 e. The van der Waals surface area contributed by atoms with Gasteiger partial charge in [-0.25, -0.2) is 4.79 Å². The molecule has 19 heavy (non-hydrogen) atoms. The summed E-state index contributed by atoms with van der Waals surface area (Å²) in [6.07, 6.45) is 0. The van der Waals surface area contributed by atoms with Gasteiger partial charge in [0.2, 0.25) is 0 Å². The van der Waals surface area contributed by atoms with E-state index in [4.69, 9.17) is 5.11 Å². The maximum Gasteiger partial charge on any atom is 0.336 e. The summed E-state index contributed by atoms with van der Waals surface area (Å²) in [5, 5.41) is 9.38. The van der Waals surface area contributed by atoms with Crippen molar-refractivity contribution >= 4 is 33.7 Å². The first-order valence-corrected chi connectivity index (χ1v) is 7.49. The second kappa shape index (κ2) is 6.26. The maximum absolute atomic E-state index is 11.1. The van der Waals surface area contributed by atoms with Gasteiger partial charge in [0.25, 0.3) is 0 Å². The van der Waals surface area contributed by atoms with Crippen LogP contribution in [0, 0.1) is 0 Å². The van der Waals surface area contributed by atoms with E-state index in [0.29, 0.717) is 10.0 Å². The average molecular weight is 337 g/mol. The van der Waals surface area contributed by atoms with Gasteiger partial charge >= 0.3 is 5.97 Å². The van der Waals surface area contributed by atoms with Crippen LogP contribution in [0.4, 0.5) is 0 Å². The third-order valence-electron chi connectivity index (χ3n) is 2.75. The van der Waals surface area contributed by atoms with Crippen LogP contribution in [0.25, 0.3) is 0 Å². The molecule has 98 valence electrons. The van der Waals surface area contributed by atoms with E-state index in [-0.39, 0.29) is 5.25 Å². The van der Waals surface area contributed by atoms with Crippen molar-refractivity contribution < 1.29 is 9.90 Å². The minimum absolute atomic E-state index is 0.282. The molecule has 0 saturated heterocycles. The molecule has 0 heterocycles. The molecule has 2 aromatic carbocycles. The number of carboxylic acids is 1. The van der Waals surface area contributed by atoms with Crippen molar-refractivity contribution in [2.75, 3.05) is 0 Å². The Hall–Kier alpha value is -1.26. The van der Waals surface area contributed by atoms with Gasteiger partial charge in [-0.2, -0.15) is 0 Å². The van der Waals surface area contributed by atoms with Crippen molar-refractivity contribution in [1.29, 1.82) is 0 Å². The lowest BCUT2D eigenvalue weighted by molar-refractivity contribution is 0.0695. The number of carboxylic acid groups (broad SMARTS) is 1. The van der Waals surface area contributed by atoms with Gasteiger partial charge in [-0.3, -0.25) is 0 Å². The van der Waals surface area contributed by atoms with Gasteiger partial charge in [0, 0.05) is 14.6 Å². The molecule has 0 saturated carbocycles. The van der Waals surface area contributed by atoms with Crippen molar-refractivity contribution in [1.82, 2.24) is 0 Å². The second-order valence-corrected chi connectivity index (χ2v) is 6.39. The number of thioether (sulfide) groups is 1. The van der Waals surface area contributed by atoms with Gasteiger partial charge in [-0.15, -0.1) is 11.8 Å². The Kier molecular flexibility index (Phi) is 4.66. The molecule has 2 rings (SSSR count). The fourth-order valence-electron chi connectivity index (χ4n) is 1.74. The lowest BCUT2D eigenvalue weighted by Gasteiger charge is -2.12. The number of hydrogen-bond donors (Lipinski definition) is 1. The van der Waals surface area contributed by atoms with Crippen LogP contribution in [0.1, 0.15) is 28.1 Å². The van der Waals surface area contributed by atoms with E-state index in [2.05, 4.69) is 35.0 Å². The molecule has 1 unspecified atom stereocenters.